The molecule has 0 bridgehead atoms. The predicted molar refractivity (Wildman–Crippen MR) is 63.3 cm³/mol. The maximum atomic E-state index is 9.65. The van der Waals surface area contributed by atoms with Gasteiger partial charge in [0.1, 0.15) is 12.0 Å². The summed E-state index contributed by atoms with van der Waals surface area (Å²) in [5.41, 5.74) is 0.845. The Kier molecular flexibility index (Phi) is 3.80. The highest BCUT2D eigenvalue weighted by Gasteiger charge is 2.16. The van der Waals surface area contributed by atoms with Gasteiger partial charge in [0, 0.05) is 0 Å². The number of hydrogen-bond donors (Lipinski definition) is 2. The van der Waals surface area contributed by atoms with Crippen LogP contribution in [0.15, 0.2) is 24.3 Å². The monoisotopic (exact) mass is 221 g/mol. The smallest absolute Gasteiger partial charge is 0.130 e. The Morgan fingerprint density at radius 1 is 1.38 bits per heavy atom. The lowest BCUT2D eigenvalue weighted by molar-refractivity contribution is 0.148. The van der Waals surface area contributed by atoms with E-state index in [0.717, 1.165) is 24.2 Å². The second-order valence-electron chi connectivity index (χ2n) is 4.29. The standard InChI is InChI=1S/C13H19NO2/c1-14-13(15)10-5-4-8-12(9-10)16-11-6-2-3-7-11/h4-5,8-9,11,13-15H,2-3,6-7H2,1H3/t13-/m1/s1. The van der Waals surface area contributed by atoms with E-state index in [0.29, 0.717) is 6.10 Å². The Bertz CT molecular complexity index is 334. The average molecular weight is 221 g/mol. The first-order valence-electron chi connectivity index (χ1n) is 5.91. The summed E-state index contributed by atoms with van der Waals surface area (Å²) in [6, 6.07) is 7.66. The Morgan fingerprint density at radius 3 is 2.81 bits per heavy atom. The molecule has 1 aliphatic rings. The van der Waals surface area contributed by atoms with Crippen molar-refractivity contribution in [2.75, 3.05) is 7.05 Å². The van der Waals surface area contributed by atoms with Crippen molar-refractivity contribution >= 4 is 0 Å². The van der Waals surface area contributed by atoms with Crippen LogP contribution < -0.4 is 10.1 Å². The van der Waals surface area contributed by atoms with Crippen LogP contribution in [0.4, 0.5) is 0 Å². The van der Waals surface area contributed by atoms with E-state index in [9.17, 15) is 5.11 Å². The zero-order valence-electron chi connectivity index (χ0n) is 9.65. The maximum Gasteiger partial charge on any atom is 0.130 e. The minimum Gasteiger partial charge on any atom is -0.490 e. The van der Waals surface area contributed by atoms with Gasteiger partial charge < -0.3 is 9.84 Å². The lowest BCUT2D eigenvalue weighted by Gasteiger charge is -2.15. The molecule has 1 atom stereocenters. The summed E-state index contributed by atoms with van der Waals surface area (Å²) >= 11 is 0. The van der Waals surface area contributed by atoms with Gasteiger partial charge in [0.15, 0.2) is 0 Å². The van der Waals surface area contributed by atoms with E-state index in [2.05, 4.69) is 5.32 Å². The largest absolute Gasteiger partial charge is 0.490 e. The van der Waals surface area contributed by atoms with Gasteiger partial charge in [-0.3, -0.25) is 5.32 Å². The number of aliphatic hydroxyl groups is 1. The average Bonchev–Trinajstić information content (AvgIpc) is 2.81. The van der Waals surface area contributed by atoms with Gasteiger partial charge in [-0.1, -0.05) is 12.1 Å². The summed E-state index contributed by atoms with van der Waals surface area (Å²) in [7, 11) is 1.73. The van der Waals surface area contributed by atoms with Crippen molar-refractivity contribution in [3.8, 4) is 5.75 Å². The molecule has 2 rings (SSSR count). The van der Waals surface area contributed by atoms with Crippen LogP contribution in [0.2, 0.25) is 0 Å². The molecule has 0 radical (unpaired) electrons. The lowest BCUT2D eigenvalue weighted by atomic mass is 10.2. The zero-order chi connectivity index (χ0) is 11.4. The van der Waals surface area contributed by atoms with Crippen molar-refractivity contribution in [1.29, 1.82) is 0 Å². The van der Waals surface area contributed by atoms with E-state index in [-0.39, 0.29) is 0 Å². The first kappa shape index (κ1) is 11.4. The molecule has 1 aliphatic carbocycles. The van der Waals surface area contributed by atoms with Crippen molar-refractivity contribution in [3.63, 3.8) is 0 Å². The van der Waals surface area contributed by atoms with Gasteiger partial charge in [-0.15, -0.1) is 0 Å². The van der Waals surface area contributed by atoms with Crippen molar-refractivity contribution in [1.82, 2.24) is 5.32 Å². The van der Waals surface area contributed by atoms with Crippen LogP contribution in [-0.4, -0.2) is 18.3 Å². The maximum absolute atomic E-state index is 9.65. The van der Waals surface area contributed by atoms with E-state index < -0.39 is 6.23 Å². The molecule has 88 valence electrons. The van der Waals surface area contributed by atoms with Crippen LogP contribution in [-0.2, 0) is 0 Å². The molecule has 1 saturated carbocycles. The third kappa shape index (κ3) is 2.74. The van der Waals surface area contributed by atoms with Crippen molar-refractivity contribution in [2.45, 2.75) is 38.0 Å². The Labute approximate surface area is 96.4 Å². The Morgan fingerprint density at radius 2 is 2.12 bits per heavy atom. The minimum atomic E-state index is -0.618. The molecule has 0 aliphatic heterocycles. The number of rotatable bonds is 4. The summed E-state index contributed by atoms with van der Waals surface area (Å²) in [4.78, 5) is 0. The van der Waals surface area contributed by atoms with Gasteiger partial charge >= 0.3 is 0 Å². The summed E-state index contributed by atoms with van der Waals surface area (Å²) in [6.07, 6.45) is 4.58. The van der Waals surface area contributed by atoms with Gasteiger partial charge in [-0.25, -0.2) is 0 Å². The molecule has 1 aromatic rings. The topological polar surface area (TPSA) is 41.5 Å². The molecule has 3 nitrogen and oxygen atoms in total. The molecule has 0 saturated heterocycles. The number of nitrogens with one attached hydrogen (secondary N) is 1. The molecule has 0 amide bonds. The minimum absolute atomic E-state index is 0.363. The second kappa shape index (κ2) is 5.32. The van der Waals surface area contributed by atoms with Crippen LogP contribution in [0.5, 0.6) is 5.75 Å². The second-order valence-corrected chi connectivity index (χ2v) is 4.29. The summed E-state index contributed by atoms with van der Waals surface area (Å²) in [5.74, 6) is 0.860. The molecular formula is C13H19NO2. The van der Waals surface area contributed by atoms with E-state index in [1.807, 2.05) is 24.3 Å². The van der Waals surface area contributed by atoms with Crippen LogP contribution in [0.25, 0.3) is 0 Å². The van der Waals surface area contributed by atoms with Crippen molar-refractivity contribution < 1.29 is 9.84 Å². The molecular weight excluding hydrogens is 202 g/mol. The van der Waals surface area contributed by atoms with E-state index in [4.69, 9.17) is 4.74 Å². The number of aliphatic hydroxyl groups excluding tert-OH is 1. The van der Waals surface area contributed by atoms with Gasteiger partial charge in [0.25, 0.3) is 0 Å². The third-order valence-corrected chi connectivity index (χ3v) is 3.05. The quantitative estimate of drug-likeness (QED) is 0.766. The highest BCUT2D eigenvalue weighted by Crippen LogP contribution is 2.25. The first-order valence-corrected chi connectivity index (χ1v) is 5.91. The number of benzene rings is 1. The highest BCUT2D eigenvalue weighted by atomic mass is 16.5. The molecule has 1 fully saturated rings. The van der Waals surface area contributed by atoms with Crippen LogP contribution in [0.1, 0.15) is 37.5 Å². The SMILES string of the molecule is CN[C@H](O)c1cccc(OC2CCCC2)c1. The Balaban J connectivity index is 2.03. The Hall–Kier alpha value is -1.06. The van der Waals surface area contributed by atoms with Crippen LogP contribution in [0, 0.1) is 0 Å². The molecule has 0 unspecified atom stereocenters. The lowest BCUT2D eigenvalue weighted by Crippen LogP contribution is -2.16. The van der Waals surface area contributed by atoms with Crippen molar-refractivity contribution in [2.24, 2.45) is 0 Å². The first-order chi connectivity index (χ1) is 7.79. The molecule has 0 spiro atoms. The summed E-state index contributed by atoms with van der Waals surface area (Å²) in [5, 5.41) is 12.4. The molecule has 3 heteroatoms. The van der Waals surface area contributed by atoms with Crippen molar-refractivity contribution in [3.05, 3.63) is 29.8 Å². The fourth-order valence-electron chi connectivity index (χ4n) is 2.12. The third-order valence-electron chi connectivity index (χ3n) is 3.05. The number of hydrogen-bond acceptors (Lipinski definition) is 3. The van der Waals surface area contributed by atoms with E-state index >= 15 is 0 Å². The summed E-state index contributed by atoms with van der Waals surface area (Å²) in [6.45, 7) is 0. The van der Waals surface area contributed by atoms with Gasteiger partial charge in [-0.05, 0) is 50.4 Å². The summed E-state index contributed by atoms with van der Waals surface area (Å²) < 4.78 is 5.87. The predicted octanol–water partition coefficient (Wildman–Crippen LogP) is 2.22. The molecule has 0 heterocycles. The van der Waals surface area contributed by atoms with E-state index in [1.165, 1.54) is 12.8 Å². The fourth-order valence-corrected chi connectivity index (χ4v) is 2.12. The van der Waals surface area contributed by atoms with Crippen LogP contribution >= 0.6 is 0 Å². The van der Waals surface area contributed by atoms with Gasteiger partial charge in [0.2, 0.25) is 0 Å². The molecule has 2 N–H and O–H groups in total. The number of ether oxygens (including phenoxy) is 1. The molecule has 1 aromatic carbocycles. The van der Waals surface area contributed by atoms with Gasteiger partial charge in [-0.2, -0.15) is 0 Å². The fraction of sp³-hybridized carbons (Fsp3) is 0.538. The highest BCUT2D eigenvalue weighted by molar-refractivity contribution is 5.29. The van der Waals surface area contributed by atoms with Gasteiger partial charge in [0.05, 0.1) is 6.10 Å². The zero-order valence-corrected chi connectivity index (χ0v) is 9.65. The molecule has 0 aromatic heterocycles. The van der Waals surface area contributed by atoms with E-state index in [1.54, 1.807) is 7.05 Å². The van der Waals surface area contributed by atoms with Crippen LogP contribution in [0.3, 0.4) is 0 Å². The molecule has 16 heavy (non-hydrogen) atoms. The normalized spacial score (nSPS) is 18.6.